The Morgan fingerprint density at radius 1 is 1.31 bits per heavy atom. The molecule has 0 aromatic carbocycles. The molecule has 0 bridgehead atoms. The van der Waals surface area contributed by atoms with Crippen LogP contribution in [0.4, 0.5) is 5.82 Å². The fourth-order valence-corrected chi connectivity index (χ4v) is 3.37. The second kappa shape index (κ2) is 7.90. The van der Waals surface area contributed by atoms with Gasteiger partial charge in [0.25, 0.3) is 0 Å². The monoisotopic (exact) mass is 403 g/mol. The Morgan fingerprint density at radius 3 is 2.76 bits per heavy atom. The maximum absolute atomic E-state index is 11.2. The summed E-state index contributed by atoms with van der Waals surface area (Å²) < 4.78 is 6.64. The zero-order chi connectivity index (χ0) is 20.5. The highest BCUT2D eigenvalue weighted by atomic mass is 16.6. The number of aromatic nitrogens is 4. The summed E-state index contributed by atoms with van der Waals surface area (Å²) in [7, 11) is 0. The third-order valence-electron chi connectivity index (χ3n) is 4.92. The molecule has 2 fully saturated rings. The van der Waals surface area contributed by atoms with Gasteiger partial charge >= 0.3 is 5.97 Å². The van der Waals surface area contributed by atoms with Gasteiger partial charge in [-0.2, -0.15) is 0 Å². The van der Waals surface area contributed by atoms with Crippen molar-refractivity contribution in [2.45, 2.75) is 24.5 Å². The number of ether oxygens (including phenoxy) is 1. The average molecular weight is 403 g/mol. The number of anilines is 1. The molecule has 2 aliphatic heterocycles. The third kappa shape index (κ3) is 3.74. The van der Waals surface area contributed by atoms with E-state index in [1.807, 2.05) is 0 Å². The van der Waals surface area contributed by atoms with Crippen LogP contribution in [0, 0.1) is 11.8 Å². The number of carbonyl (C=O) groups is 1. The molecule has 4 rings (SSSR count). The smallest absolute Gasteiger partial charge is 0.335 e. The van der Waals surface area contributed by atoms with Crippen LogP contribution in [0.1, 0.15) is 12.1 Å². The van der Waals surface area contributed by atoms with Gasteiger partial charge in [-0.15, -0.1) is 0 Å². The lowest BCUT2D eigenvalue weighted by molar-refractivity contribution is -0.155. The number of nitrogen functional groups attached to an aromatic ring is 1. The van der Waals surface area contributed by atoms with Crippen LogP contribution >= 0.6 is 0 Å². The van der Waals surface area contributed by atoms with Crippen molar-refractivity contribution >= 4 is 23.0 Å². The number of imidazole rings is 1. The predicted octanol–water partition coefficient (Wildman–Crippen LogP) is -2.63. The van der Waals surface area contributed by atoms with Crippen molar-refractivity contribution in [3.05, 3.63) is 12.2 Å². The number of aliphatic hydroxyl groups excluding tert-OH is 2. The molecule has 0 saturated carbocycles. The van der Waals surface area contributed by atoms with Crippen LogP contribution in [0.3, 0.4) is 0 Å². The SMILES string of the molecule is Nc1nc(C#CCN2CCNCC2)nc2c1ncn2C1OC(C(=O)O)C(O)C1O. The van der Waals surface area contributed by atoms with Gasteiger partial charge in [0.1, 0.15) is 17.7 Å². The Morgan fingerprint density at radius 2 is 2.07 bits per heavy atom. The van der Waals surface area contributed by atoms with Gasteiger partial charge in [0.2, 0.25) is 5.82 Å². The minimum atomic E-state index is -1.59. The fraction of sp³-hybridized carbons (Fsp3) is 0.529. The molecule has 0 radical (unpaired) electrons. The van der Waals surface area contributed by atoms with E-state index in [2.05, 4.69) is 37.0 Å². The van der Waals surface area contributed by atoms with Crippen molar-refractivity contribution < 1.29 is 24.9 Å². The normalized spacial score (nSPS) is 27.7. The number of hydrogen-bond donors (Lipinski definition) is 5. The van der Waals surface area contributed by atoms with Gasteiger partial charge in [0.05, 0.1) is 12.9 Å². The van der Waals surface area contributed by atoms with E-state index in [1.54, 1.807) is 0 Å². The number of nitrogens with two attached hydrogens (primary N) is 1. The Kier molecular flexibility index (Phi) is 5.31. The topological polar surface area (TPSA) is 172 Å². The van der Waals surface area contributed by atoms with Crippen LogP contribution in [0.15, 0.2) is 6.33 Å². The molecular formula is C17H21N7O5. The number of piperazine rings is 1. The summed E-state index contributed by atoms with van der Waals surface area (Å²) in [5.41, 5.74) is 6.45. The molecule has 2 aliphatic rings. The first kappa shape index (κ1) is 19.5. The maximum atomic E-state index is 11.2. The lowest BCUT2D eigenvalue weighted by Crippen LogP contribution is -2.43. The van der Waals surface area contributed by atoms with Crippen LogP contribution in [0.5, 0.6) is 0 Å². The third-order valence-corrected chi connectivity index (χ3v) is 4.92. The number of aliphatic carboxylic acids is 1. The zero-order valence-electron chi connectivity index (χ0n) is 15.4. The number of carboxylic acids is 1. The fourth-order valence-electron chi connectivity index (χ4n) is 3.37. The highest BCUT2D eigenvalue weighted by molar-refractivity contribution is 5.82. The van der Waals surface area contributed by atoms with Gasteiger partial charge in [-0.05, 0) is 5.92 Å². The minimum absolute atomic E-state index is 0.100. The summed E-state index contributed by atoms with van der Waals surface area (Å²) in [6, 6.07) is 0. The molecule has 0 aliphatic carbocycles. The molecule has 12 heteroatoms. The second-order valence-corrected chi connectivity index (χ2v) is 6.85. The first-order valence-corrected chi connectivity index (χ1v) is 9.12. The summed E-state index contributed by atoms with van der Waals surface area (Å²) in [5.74, 6) is 4.80. The summed E-state index contributed by atoms with van der Waals surface area (Å²) in [5, 5.41) is 32.6. The average Bonchev–Trinajstić information content (AvgIpc) is 3.25. The van der Waals surface area contributed by atoms with Crippen molar-refractivity contribution in [1.29, 1.82) is 0 Å². The van der Waals surface area contributed by atoms with E-state index < -0.39 is 30.5 Å². The van der Waals surface area contributed by atoms with Crippen LogP contribution in [-0.2, 0) is 9.53 Å². The van der Waals surface area contributed by atoms with E-state index in [9.17, 15) is 15.0 Å². The van der Waals surface area contributed by atoms with Crippen molar-refractivity contribution in [2.75, 3.05) is 38.5 Å². The summed E-state index contributed by atoms with van der Waals surface area (Å²) in [4.78, 5) is 26.0. The van der Waals surface area contributed by atoms with Crippen LogP contribution in [-0.4, -0.2) is 96.7 Å². The number of hydrogen-bond acceptors (Lipinski definition) is 10. The van der Waals surface area contributed by atoms with Gasteiger partial charge in [-0.1, -0.05) is 5.92 Å². The molecule has 6 N–H and O–H groups in total. The maximum Gasteiger partial charge on any atom is 0.335 e. The van der Waals surface area contributed by atoms with Gasteiger partial charge in [0.15, 0.2) is 23.8 Å². The van der Waals surface area contributed by atoms with E-state index in [4.69, 9.17) is 15.6 Å². The Balaban J connectivity index is 1.61. The molecule has 0 spiro atoms. The van der Waals surface area contributed by atoms with Crippen LogP contribution < -0.4 is 11.1 Å². The number of aliphatic hydroxyl groups is 2. The molecule has 4 heterocycles. The van der Waals surface area contributed by atoms with Gasteiger partial charge < -0.3 is 31.1 Å². The first-order valence-electron chi connectivity index (χ1n) is 9.12. The number of carboxylic acid groups (broad SMARTS) is 1. The van der Waals surface area contributed by atoms with Crippen LogP contribution in [0.25, 0.3) is 11.2 Å². The zero-order valence-corrected chi connectivity index (χ0v) is 15.4. The minimum Gasteiger partial charge on any atom is -0.479 e. The number of nitrogens with zero attached hydrogens (tertiary/aromatic N) is 5. The van der Waals surface area contributed by atoms with Gasteiger partial charge in [-0.25, -0.2) is 19.7 Å². The molecule has 4 unspecified atom stereocenters. The van der Waals surface area contributed by atoms with E-state index in [0.29, 0.717) is 6.54 Å². The van der Waals surface area contributed by atoms with Crippen molar-refractivity contribution in [2.24, 2.45) is 0 Å². The van der Waals surface area contributed by atoms with Crippen molar-refractivity contribution in [3.63, 3.8) is 0 Å². The summed E-state index contributed by atoms with van der Waals surface area (Å²) in [6.45, 7) is 4.23. The lowest BCUT2D eigenvalue weighted by Gasteiger charge is -2.24. The van der Waals surface area contributed by atoms with E-state index in [-0.39, 0.29) is 22.8 Å². The highest BCUT2D eigenvalue weighted by Gasteiger charge is 2.48. The Bertz CT molecular complexity index is 978. The van der Waals surface area contributed by atoms with Gasteiger partial charge in [0, 0.05) is 26.2 Å². The largest absolute Gasteiger partial charge is 0.479 e. The quantitative estimate of drug-likeness (QED) is 0.339. The van der Waals surface area contributed by atoms with E-state index in [0.717, 1.165) is 26.2 Å². The molecule has 2 saturated heterocycles. The van der Waals surface area contributed by atoms with E-state index in [1.165, 1.54) is 10.9 Å². The molecule has 0 amide bonds. The molecule has 12 nitrogen and oxygen atoms in total. The van der Waals surface area contributed by atoms with E-state index >= 15 is 0 Å². The standard InChI is InChI=1S/C17H21N7O5/c18-14-10-15(22-9(21-14)2-1-5-23-6-3-19-4-7-23)24(8-20-10)16-12(26)11(25)13(29-16)17(27)28/h8,11-13,16,19,25-26H,3-7H2,(H,27,28)(H2,18,21,22). The van der Waals surface area contributed by atoms with Crippen molar-refractivity contribution in [3.8, 4) is 11.8 Å². The number of rotatable bonds is 3. The number of fused-ring (bicyclic) bond motifs is 1. The van der Waals surface area contributed by atoms with Crippen LogP contribution in [0.2, 0.25) is 0 Å². The van der Waals surface area contributed by atoms with Gasteiger partial charge in [-0.3, -0.25) is 9.47 Å². The first-order chi connectivity index (χ1) is 14.0. The predicted molar refractivity (Wildman–Crippen MR) is 99.5 cm³/mol. The number of nitrogens with one attached hydrogen (secondary N) is 1. The molecule has 4 atom stereocenters. The Hall–Kier alpha value is -2.82. The van der Waals surface area contributed by atoms with Crippen molar-refractivity contribution in [1.82, 2.24) is 29.7 Å². The molecular weight excluding hydrogens is 382 g/mol. The Labute approximate surface area is 165 Å². The molecule has 2 aromatic rings. The molecule has 2 aromatic heterocycles. The lowest BCUT2D eigenvalue weighted by atomic mass is 10.1. The second-order valence-electron chi connectivity index (χ2n) is 6.85. The molecule has 29 heavy (non-hydrogen) atoms. The molecule has 154 valence electrons. The summed E-state index contributed by atoms with van der Waals surface area (Å²) in [6.07, 6.45) is -4.52. The summed E-state index contributed by atoms with van der Waals surface area (Å²) >= 11 is 0. The highest BCUT2D eigenvalue weighted by Crippen LogP contribution is 2.32.